The summed E-state index contributed by atoms with van der Waals surface area (Å²) in [7, 11) is 0. The lowest BCUT2D eigenvalue weighted by Crippen LogP contribution is -2.41. The lowest BCUT2D eigenvalue weighted by atomic mass is 10.2. The van der Waals surface area contributed by atoms with Crippen molar-refractivity contribution in [2.45, 2.75) is 18.8 Å². The van der Waals surface area contributed by atoms with Gasteiger partial charge in [-0.1, -0.05) is 12.1 Å². The first-order valence-electron chi connectivity index (χ1n) is 6.57. The average molecular weight is 295 g/mol. The number of benzene rings is 1. The van der Waals surface area contributed by atoms with E-state index in [1.54, 1.807) is 12.1 Å². The Morgan fingerprint density at radius 1 is 1.48 bits per heavy atom. The number of nitrogens with two attached hydrogens (primary N) is 1. The third-order valence-corrected chi connectivity index (χ3v) is 3.09. The smallest absolute Gasteiger partial charge is 0.269 e. The van der Waals surface area contributed by atoms with Gasteiger partial charge in [0.15, 0.2) is 6.29 Å². The Morgan fingerprint density at radius 2 is 2.29 bits per heavy atom. The van der Waals surface area contributed by atoms with Crippen LogP contribution in [0.4, 0.5) is 5.69 Å². The number of nitrogens with zero attached hydrogens (tertiary/aromatic N) is 1. The molecule has 1 aromatic rings. The van der Waals surface area contributed by atoms with Crippen LogP contribution < -0.4 is 11.1 Å². The number of nitro benzene ring substituents is 1. The SMILES string of the molecule is NCC(=O)N[C@H]1CCO[C@@H](c2cccc([N+](=O)[O-])c2)OC1. The van der Waals surface area contributed by atoms with E-state index in [-0.39, 0.29) is 30.8 Å². The van der Waals surface area contributed by atoms with E-state index in [4.69, 9.17) is 15.2 Å². The molecule has 2 atom stereocenters. The number of hydrogen-bond donors (Lipinski definition) is 2. The molecule has 8 nitrogen and oxygen atoms in total. The largest absolute Gasteiger partial charge is 0.350 e. The summed E-state index contributed by atoms with van der Waals surface area (Å²) in [6.45, 7) is 0.563. The number of amides is 1. The number of nitro groups is 1. The summed E-state index contributed by atoms with van der Waals surface area (Å²) in [6, 6.07) is 5.94. The summed E-state index contributed by atoms with van der Waals surface area (Å²) in [6.07, 6.45) is -0.0818. The molecule has 0 unspecified atom stereocenters. The Balaban J connectivity index is 2.01. The Kier molecular flexibility index (Phi) is 5.20. The standard InChI is InChI=1S/C13H17N3O5/c14-7-12(17)15-10-4-5-20-13(21-8-10)9-2-1-3-11(6-9)16(18)19/h1-3,6,10,13H,4-5,7-8,14H2,(H,15,17)/t10-,13+/m0/s1. The number of carbonyl (C=O) groups excluding carboxylic acids is 1. The molecule has 0 spiro atoms. The van der Waals surface area contributed by atoms with Crippen LogP contribution in [-0.2, 0) is 14.3 Å². The van der Waals surface area contributed by atoms with Gasteiger partial charge < -0.3 is 20.5 Å². The Hall–Kier alpha value is -2.03. The maximum absolute atomic E-state index is 11.3. The Labute approximate surface area is 121 Å². The van der Waals surface area contributed by atoms with E-state index in [0.29, 0.717) is 18.6 Å². The number of hydrogen-bond acceptors (Lipinski definition) is 6. The van der Waals surface area contributed by atoms with E-state index < -0.39 is 11.2 Å². The van der Waals surface area contributed by atoms with E-state index >= 15 is 0 Å². The van der Waals surface area contributed by atoms with E-state index in [2.05, 4.69) is 5.32 Å². The molecule has 1 fully saturated rings. The van der Waals surface area contributed by atoms with E-state index in [1.807, 2.05) is 0 Å². The van der Waals surface area contributed by atoms with Crippen LogP contribution in [0.1, 0.15) is 18.3 Å². The minimum Gasteiger partial charge on any atom is -0.350 e. The summed E-state index contributed by atoms with van der Waals surface area (Å²) < 4.78 is 11.1. The van der Waals surface area contributed by atoms with Crippen molar-refractivity contribution < 1.29 is 19.2 Å². The van der Waals surface area contributed by atoms with Gasteiger partial charge in [0, 0.05) is 17.7 Å². The zero-order valence-electron chi connectivity index (χ0n) is 11.4. The summed E-state index contributed by atoms with van der Waals surface area (Å²) in [5.74, 6) is -0.252. The first-order valence-corrected chi connectivity index (χ1v) is 6.57. The fourth-order valence-electron chi connectivity index (χ4n) is 2.03. The maximum Gasteiger partial charge on any atom is 0.269 e. The van der Waals surface area contributed by atoms with Crippen molar-refractivity contribution in [1.29, 1.82) is 0 Å². The van der Waals surface area contributed by atoms with Crippen molar-refractivity contribution >= 4 is 11.6 Å². The van der Waals surface area contributed by atoms with E-state index in [0.717, 1.165) is 0 Å². The molecule has 3 N–H and O–H groups in total. The molecule has 1 amide bonds. The molecule has 0 aromatic heterocycles. The fraction of sp³-hybridized carbons (Fsp3) is 0.462. The lowest BCUT2D eigenvalue weighted by molar-refractivity contribution is -0.385. The molecule has 21 heavy (non-hydrogen) atoms. The minimum absolute atomic E-state index is 0.0167. The minimum atomic E-state index is -0.676. The van der Waals surface area contributed by atoms with Gasteiger partial charge in [0.1, 0.15) is 0 Å². The van der Waals surface area contributed by atoms with Crippen molar-refractivity contribution in [3.8, 4) is 0 Å². The summed E-state index contributed by atoms with van der Waals surface area (Å²) in [5, 5.41) is 13.5. The quantitative estimate of drug-likeness (QED) is 0.616. The second kappa shape index (κ2) is 7.11. The number of non-ortho nitro benzene ring substituents is 1. The fourth-order valence-corrected chi connectivity index (χ4v) is 2.03. The summed E-state index contributed by atoms with van der Waals surface area (Å²) in [5.41, 5.74) is 5.81. The predicted molar refractivity (Wildman–Crippen MR) is 73.3 cm³/mol. The van der Waals surface area contributed by atoms with Crippen LogP contribution in [0.2, 0.25) is 0 Å². The van der Waals surface area contributed by atoms with Crippen molar-refractivity contribution in [3.05, 3.63) is 39.9 Å². The van der Waals surface area contributed by atoms with Gasteiger partial charge in [-0.25, -0.2) is 0 Å². The molecular weight excluding hydrogens is 278 g/mol. The van der Waals surface area contributed by atoms with Gasteiger partial charge in [-0.15, -0.1) is 0 Å². The van der Waals surface area contributed by atoms with Crippen molar-refractivity contribution in [2.24, 2.45) is 5.73 Å². The zero-order chi connectivity index (χ0) is 15.2. The number of ether oxygens (including phenoxy) is 2. The van der Waals surface area contributed by atoms with Crippen molar-refractivity contribution in [3.63, 3.8) is 0 Å². The van der Waals surface area contributed by atoms with Crippen LogP contribution in [0.25, 0.3) is 0 Å². The molecule has 8 heteroatoms. The normalized spacial score (nSPS) is 22.3. The van der Waals surface area contributed by atoms with Gasteiger partial charge in [0.05, 0.1) is 30.7 Å². The predicted octanol–water partition coefficient (Wildman–Crippen LogP) is 0.474. The van der Waals surface area contributed by atoms with Crippen molar-refractivity contribution in [2.75, 3.05) is 19.8 Å². The Morgan fingerprint density at radius 3 is 3.00 bits per heavy atom. The maximum atomic E-state index is 11.3. The average Bonchev–Trinajstić information content (AvgIpc) is 2.73. The van der Waals surface area contributed by atoms with Gasteiger partial charge in [-0.3, -0.25) is 14.9 Å². The number of nitrogens with one attached hydrogen (secondary N) is 1. The molecule has 1 aliphatic heterocycles. The molecule has 0 radical (unpaired) electrons. The van der Waals surface area contributed by atoms with Gasteiger partial charge in [0.25, 0.3) is 5.69 Å². The van der Waals surface area contributed by atoms with Crippen LogP contribution in [0, 0.1) is 10.1 Å². The van der Waals surface area contributed by atoms with Crippen LogP contribution >= 0.6 is 0 Å². The number of rotatable bonds is 4. The molecule has 1 aromatic carbocycles. The van der Waals surface area contributed by atoms with Gasteiger partial charge >= 0.3 is 0 Å². The summed E-state index contributed by atoms with van der Waals surface area (Å²) in [4.78, 5) is 21.6. The highest BCUT2D eigenvalue weighted by molar-refractivity contribution is 5.78. The highest BCUT2D eigenvalue weighted by Crippen LogP contribution is 2.25. The molecule has 2 rings (SSSR count). The number of carbonyl (C=O) groups is 1. The lowest BCUT2D eigenvalue weighted by Gasteiger charge is -2.17. The highest BCUT2D eigenvalue weighted by Gasteiger charge is 2.23. The van der Waals surface area contributed by atoms with Crippen molar-refractivity contribution in [1.82, 2.24) is 5.32 Å². The topological polar surface area (TPSA) is 117 Å². The molecule has 0 bridgehead atoms. The van der Waals surface area contributed by atoms with Gasteiger partial charge in [0.2, 0.25) is 5.91 Å². The first kappa shape index (κ1) is 15.4. The third kappa shape index (κ3) is 4.22. The monoisotopic (exact) mass is 295 g/mol. The molecule has 0 saturated carbocycles. The Bertz CT molecular complexity index is 522. The molecule has 1 saturated heterocycles. The van der Waals surface area contributed by atoms with E-state index in [1.165, 1.54) is 12.1 Å². The molecule has 114 valence electrons. The third-order valence-electron chi connectivity index (χ3n) is 3.09. The molecular formula is C13H17N3O5. The molecule has 1 aliphatic rings. The first-order chi connectivity index (χ1) is 10.1. The van der Waals surface area contributed by atoms with Crippen LogP contribution in [0.5, 0.6) is 0 Å². The van der Waals surface area contributed by atoms with E-state index in [9.17, 15) is 14.9 Å². The van der Waals surface area contributed by atoms with Gasteiger partial charge in [-0.2, -0.15) is 0 Å². The summed E-state index contributed by atoms with van der Waals surface area (Å²) >= 11 is 0. The van der Waals surface area contributed by atoms with Crippen LogP contribution in [0.3, 0.4) is 0 Å². The second-order valence-electron chi connectivity index (χ2n) is 4.65. The highest BCUT2D eigenvalue weighted by atomic mass is 16.7. The molecule has 1 heterocycles. The molecule has 0 aliphatic carbocycles. The van der Waals surface area contributed by atoms with Gasteiger partial charge in [-0.05, 0) is 6.42 Å². The second-order valence-corrected chi connectivity index (χ2v) is 4.65. The van der Waals surface area contributed by atoms with Crippen LogP contribution in [0.15, 0.2) is 24.3 Å². The van der Waals surface area contributed by atoms with Crippen LogP contribution in [-0.4, -0.2) is 36.6 Å². The zero-order valence-corrected chi connectivity index (χ0v) is 11.4.